The molecule has 1 N–H and O–H groups in total. The van der Waals surface area contributed by atoms with Crippen LogP contribution in [0.1, 0.15) is 51.6 Å². The molecule has 20 heavy (non-hydrogen) atoms. The molecule has 1 aliphatic carbocycles. The number of benzene rings is 1. The van der Waals surface area contributed by atoms with Gasteiger partial charge in [0.15, 0.2) is 0 Å². The van der Waals surface area contributed by atoms with Crippen molar-refractivity contribution in [1.82, 2.24) is 5.32 Å². The van der Waals surface area contributed by atoms with Crippen molar-refractivity contribution >= 4 is 15.9 Å². The molecule has 0 heterocycles. The molecule has 4 unspecified atom stereocenters. The van der Waals surface area contributed by atoms with Gasteiger partial charge in [0.25, 0.3) is 0 Å². The molecule has 3 heteroatoms. The van der Waals surface area contributed by atoms with E-state index >= 15 is 0 Å². The summed E-state index contributed by atoms with van der Waals surface area (Å²) in [7, 11) is 0. The minimum Gasteiger partial charge on any atom is -0.310 e. The van der Waals surface area contributed by atoms with Crippen LogP contribution in [-0.2, 0) is 0 Å². The first-order chi connectivity index (χ1) is 9.52. The van der Waals surface area contributed by atoms with Crippen LogP contribution in [0, 0.1) is 23.6 Å². The predicted octanol–water partition coefficient (Wildman–Crippen LogP) is 5.31. The average molecular weight is 342 g/mol. The molecule has 1 aromatic rings. The van der Waals surface area contributed by atoms with E-state index in [0.717, 1.165) is 23.9 Å². The van der Waals surface area contributed by atoms with Gasteiger partial charge in [0.05, 0.1) is 4.47 Å². The highest BCUT2D eigenvalue weighted by Gasteiger charge is 2.30. The molecular weight excluding hydrogens is 317 g/mol. The molecule has 0 aromatic heterocycles. The second-order valence-electron chi connectivity index (χ2n) is 6.24. The SMILES string of the molecule is CCNC(c1ccc(Br)c(F)c1)C1CCC(C)C(C)C1. The number of nitrogens with one attached hydrogen (secondary N) is 1. The van der Waals surface area contributed by atoms with E-state index in [0.29, 0.717) is 10.4 Å². The number of halogens is 2. The van der Waals surface area contributed by atoms with Gasteiger partial charge < -0.3 is 5.32 Å². The van der Waals surface area contributed by atoms with Crippen LogP contribution in [0.15, 0.2) is 22.7 Å². The Balaban J connectivity index is 2.19. The van der Waals surface area contributed by atoms with Crippen LogP contribution >= 0.6 is 15.9 Å². The first kappa shape index (κ1) is 16.0. The summed E-state index contributed by atoms with van der Waals surface area (Å²) in [4.78, 5) is 0. The molecule has 2 rings (SSSR count). The second kappa shape index (κ2) is 7.04. The molecule has 1 fully saturated rings. The van der Waals surface area contributed by atoms with Crippen molar-refractivity contribution in [3.05, 3.63) is 34.1 Å². The standard InChI is InChI=1S/C17H25BrFN/c1-4-20-17(13-6-5-11(2)12(3)9-13)14-7-8-15(18)16(19)10-14/h7-8,10-13,17,20H,4-6,9H2,1-3H3. The quantitative estimate of drug-likeness (QED) is 0.782. The topological polar surface area (TPSA) is 12.0 Å². The molecule has 1 nitrogen and oxygen atoms in total. The molecule has 0 spiro atoms. The Morgan fingerprint density at radius 3 is 2.65 bits per heavy atom. The Morgan fingerprint density at radius 1 is 1.30 bits per heavy atom. The summed E-state index contributed by atoms with van der Waals surface area (Å²) in [5.41, 5.74) is 1.08. The first-order valence-corrected chi connectivity index (χ1v) is 8.50. The van der Waals surface area contributed by atoms with E-state index < -0.39 is 0 Å². The Hall–Kier alpha value is -0.410. The number of rotatable bonds is 4. The third kappa shape index (κ3) is 3.62. The van der Waals surface area contributed by atoms with Gasteiger partial charge in [-0.25, -0.2) is 4.39 Å². The lowest BCUT2D eigenvalue weighted by Gasteiger charge is -2.37. The van der Waals surface area contributed by atoms with Crippen LogP contribution < -0.4 is 5.32 Å². The fourth-order valence-corrected chi connectivity index (χ4v) is 3.62. The summed E-state index contributed by atoms with van der Waals surface area (Å²) >= 11 is 3.24. The molecule has 0 amide bonds. The lowest BCUT2D eigenvalue weighted by molar-refractivity contribution is 0.172. The van der Waals surface area contributed by atoms with Crippen molar-refractivity contribution in [3.63, 3.8) is 0 Å². The van der Waals surface area contributed by atoms with Gasteiger partial charge in [0, 0.05) is 6.04 Å². The minimum atomic E-state index is -0.164. The highest BCUT2D eigenvalue weighted by Crippen LogP contribution is 2.40. The lowest BCUT2D eigenvalue weighted by Crippen LogP contribution is -2.33. The minimum absolute atomic E-state index is 0.164. The van der Waals surface area contributed by atoms with Crippen molar-refractivity contribution in [2.24, 2.45) is 17.8 Å². The van der Waals surface area contributed by atoms with Crippen molar-refractivity contribution in [2.45, 2.75) is 46.1 Å². The Kier molecular flexibility index (Phi) is 5.62. The smallest absolute Gasteiger partial charge is 0.137 e. The molecule has 0 saturated heterocycles. The Morgan fingerprint density at radius 2 is 2.05 bits per heavy atom. The van der Waals surface area contributed by atoms with Crippen LogP contribution in [0.5, 0.6) is 0 Å². The van der Waals surface area contributed by atoms with Gasteiger partial charge >= 0.3 is 0 Å². The fourth-order valence-electron chi connectivity index (χ4n) is 3.37. The Labute approximate surface area is 130 Å². The zero-order chi connectivity index (χ0) is 14.7. The van der Waals surface area contributed by atoms with Crippen LogP contribution in [0.2, 0.25) is 0 Å². The molecule has 0 radical (unpaired) electrons. The van der Waals surface area contributed by atoms with Crippen molar-refractivity contribution < 1.29 is 4.39 Å². The van der Waals surface area contributed by atoms with Gasteiger partial charge in [-0.3, -0.25) is 0 Å². The van der Waals surface area contributed by atoms with E-state index in [2.05, 4.69) is 42.0 Å². The summed E-state index contributed by atoms with van der Waals surface area (Å²) in [6.07, 6.45) is 3.75. The summed E-state index contributed by atoms with van der Waals surface area (Å²) in [5, 5.41) is 3.57. The molecule has 1 aromatic carbocycles. The molecular formula is C17H25BrFN. The van der Waals surface area contributed by atoms with E-state index in [1.807, 2.05) is 12.1 Å². The maximum atomic E-state index is 13.8. The summed E-state index contributed by atoms with van der Waals surface area (Å²) in [6.45, 7) is 7.74. The molecule has 0 bridgehead atoms. The monoisotopic (exact) mass is 341 g/mol. The maximum Gasteiger partial charge on any atom is 0.137 e. The van der Waals surface area contributed by atoms with Gasteiger partial charge in [-0.15, -0.1) is 0 Å². The van der Waals surface area contributed by atoms with E-state index in [4.69, 9.17) is 0 Å². The molecule has 0 aliphatic heterocycles. The Bertz CT molecular complexity index is 449. The first-order valence-electron chi connectivity index (χ1n) is 7.71. The van der Waals surface area contributed by atoms with Gasteiger partial charge in [-0.2, -0.15) is 0 Å². The number of hydrogen-bond donors (Lipinski definition) is 1. The summed E-state index contributed by atoms with van der Waals surface area (Å²) < 4.78 is 14.4. The largest absolute Gasteiger partial charge is 0.310 e. The normalized spacial score (nSPS) is 28.4. The average Bonchev–Trinajstić information content (AvgIpc) is 2.43. The zero-order valence-electron chi connectivity index (χ0n) is 12.6. The summed E-state index contributed by atoms with van der Waals surface area (Å²) in [5.74, 6) is 2.02. The van der Waals surface area contributed by atoms with Crippen LogP contribution in [-0.4, -0.2) is 6.54 Å². The van der Waals surface area contributed by atoms with Crippen LogP contribution in [0.3, 0.4) is 0 Å². The van der Waals surface area contributed by atoms with E-state index in [-0.39, 0.29) is 11.9 Å². The van der Waals surface area contributed by atoms with Crippen molar-refractivity contribution in [3.8, 4) is 0 Å². The van der Waals surface area contributed by atoms with Crippen LogP contribution in [0.4, 0.5) is 4.39 Å². The highest BCUT2D eigenvalue weighted by molar-refractivity contribution is 9.10. The molecule has 1 saturated carbocycles. The molecule has 112 valence electrons. The predicted molar refractivity (Wildman–Crippen MR) is 86.2 cm³/mol. The lowest BCUT2D eigenvalue weighted by atomic mass is 9.72. The zero-order valence-corrected chi connectivity index (χ0v) is 14.2. The van der Waals surface area contributed by atoms with Crippen LogP contribution in [0.25, 0.3) is 0 Å². The number of hydrogen-bond acceptors (Lipinski definition) is 1. The second-order valence-corrected chi connectivity index (χ2v) is 7.09. The van der Waals surface area contributed by atoms with Crippen molar-refractivity contribution in [1.29, 1.82) is 0 Å². The van der Waals surface area contributed by atoms with Gasteiger partial charge in [0.1, 0.15) is 5.82 Å². The van der Waals surface area contributed by atoms with Gasteiger partial charge in [-0.1, -0.05) is 33.3 Å². The van der Waals surface area contributed by atoms with E-state index in [9.17, 15) is 4.39 Å². The fraction of sp³-hybridized carbons (Fsp3) is 0.647. The van der Waals surface area contributed by atoms with Crippen molar-refractivity contribution in [2.75, 3.05) is 6.54 Å². The maximum absolute atomic E-state index is 13.8. The van der Waals surface area contributed by atoms with E-state index in [1.54, 1.807) is 6.07 Å². The molecule has 4 atom stereocenters. The van der Waals surface area contributed by atoms with E-state index in [1.165, 1.54) is 19.3 Å². The summed E-state index contributed by atoms with van der Waals surface area (Å²) in [6, 6.07) is 5.82. The third-order valence-electron chi connectivity index (χ3n) is 4.84. The highest BCUT2D eigenvalue weighted by atomic mass is 79.9. The molecule has 1 aliphatic rings. The van der Waals surface area contributed by atoms with Gasteiger partial charge in [0.2, 0.25) is 0 Å². The third-order valence-corrected chi connectivity index (χ3v) is 5.48. The van der Waals surface area contributed by atoms with Gasteiger partial charge in [-0.05, 0) is 70.8 Å².